The Morgan fingerprint density at radius 2 is 2.06 bits per heavy atom. The van der Waals surface area contributed by atoms with Crippen molar-refractivity contribution in [2.24, 2.45) is 0 Å². The van der Waals surface area contributed by atoms with Gasteiger partial charge < -0.3 is 5.32 Å². The molecule has 1 unspecified atom stereocenters. The van der Waals surface area contributed by atoms with Gasteiger partial charge in [-0.3, -0.25) is 4.90 Å². The van der Waals surface area contributed by atoms with Crippen LogP contribution in [0.1, 0.15) is 18.5 Å². The van der Waals surface area contributed by atoms with E-state index in [1.165, 1.54) is 12.1 Å². The number of rotatable bonds is 1. The van der Waals surface area contributed by atoms with E-state index in [0.29, 0.717) is 18.2 Å². The predicted octanol–water partition coefficient (Wildman–Crippen LogP) is 1.93. The molecule has 1 aliphatic heterocycles. The number of nitrogens with zero attached hydrogens (tertiary/aromatic N) is 1. The van der Waals surface area contributed by atoms with Crippen LogP contribution in [-0.2, 0) is 0 Å². The van der Waals surface area contributed by atoms with E-state index in [0.717, 1.165) is 12.6 Å². The number of hydrogen-bond donors (Lipinski definition) is 1. The topological polar surface area (TPSA) is 15.3 Å². The van der Waals surface area contributed by atoms with Crippen LogP contribution in [0.4, 0.5) is 8.78 Å². The third-order valence-electron chi connectivity index (χ3n) is 3.29. The normalized spacial score (nSPS) is 27.0. The van der Waals surface area contributed by atoms with Crippen molar-refractivity contribution < 1.29 is 8.78 Å². The van der Waals surface area contributed by atoms with Gasteiger partial charge in [0, 0.05) is 30.8 Å². The maximum absolute atomic E-state index is 13.6. The Balaban J connectivity index is 2.29. The third-order valence-corrected chi connectivity index (χ3v) is 3.29. The number of hydrogen-bond acceptors (Lipinski definition) is 2. The number of likely N-dealkylation sites (N-methyl/N-ethyl adjacent to an activating group) is 1. The molecule has 0 saturated carbocycles. The number of benzene rings is 1. The Bertz CT molecular complexity index is 381. The van der Waals surface area contributed by atoms with Gasteiger partial charge >= 0.3 is 0 Å². The monoisotopic (exact) mass is 226 g/mol. The smallest absolute Gasteiger partial charge is 0.130 e. The molecular weight excluding hydrogens is 210 g/mol. The molecule has 1 aromatic carbocycles. The highest BCUT2D eigenvalue weighted by Gasteiger charge is 2.27. The lowest BCUT2D eigenvalue weighted by atomic mass is 10.0. The maximum atomic E-state index is 13.6. The van der Waals surface area contributed by atoms with Gasteiger partial charge in [-0.15, -0.1) is 0 Å². The van der Waals surface area contributed by atoms with Crippen LogP contribution in [-0.4, -0.2) is 31.1 Å². The molecule has 4 heteroatoms. The standard InChI is InChI=1S/C12H16F2N2/c1-8-6-15-7-12(16(8)2)10-4-3-9(13)5-11(10)14/h3-5,8,12,15H,6-7H2,1-2H3/t8-,12?/m0/s1. The van der Waals surface area contributed by atoms with Crippen LogP contribution < -0.4 is 5.32 Å². The lowest BCUT2D eigenvalue weighted by Crippen LogP contribution is -2.49. The zero-order valence-electron chi connectivity index (χ0n) is 9.50. The SMILES string of the molecule is C[C@H]1CNCC(c2ccc(F)cc2F)N1C. The van der Waals surface area contributed by atoms with Crippen molar-refractivity contribution in [3.05, 3.63) is 35.4 Å². The van der Waals surface area contributed by atoms with Crippen molar-refractivity contribution in [1.82, 2.24) is 10.2 Å². The van der Waals surface area contributed by atoms with Gasteiger partial charge in [0.15, 0.2) is 0 Å². The van der Waals surface area contributed by atoms with Crippen molar-refractivity contribution in [2.45, 2.75) is 19.0 Å². The summed E-state index contributed by atoms with van der Waals surface area (Å²) in [6, 6.07) is 4.12. The quantitative estimate of drug-likeness (QED) is 0.787. The minimum atomic E-state index is -0.527. The zero-order valence-corrected chi connectivity index (χ0v) is 9.50. The van der Waals surface area contributed by atoms with E-state index in [1.807, 2.05) is 7.05 Å². The molecule has 0 aromatic heterocycles. The number of nitrogens with one attached hydrogen (secondary N) is 1. The Morgan fingerprint density at radius 1 is 1.31 bits per heavy atom. The average Bonchev–Trinajstić information content (AvgIpc) is 2.23. The molecule has 2 nitrogen and oxygen atoms in total. The number of halogens is 2. The van der Waals surface area contributed by atoms with E-state index >= 15 is 0 Å². The summed E-state index contributed by atoms with van der Waals surface area (Å²) in [7, 11) is 1.97. The third kappa shape index (κ3) is 2.08. The maximum Gasteiger partial charge on any atom is 0.130 e. The lowest BCUT2D eigenvalue weighted by molar-refractivity contribution is 0.138. The molecule has 2 atom stereocenters. The molecule has 1 N–H and O–H groups in total. The Hall–Kier alpha value is -1.00. The highest BCUT2D eigenvalue weighted by molar-refractivity contribution is 5.23. The minimum absolute atomic E-state index is 0.0238. The first-order valence-corrected chi connectivity index (χ1v) is 5.47. The molecule has 1 aliphatic rings. The van der Waals surface area contributed by atoms with Crippen LogP contribution in [0.15, 0.2) is 18.2 Å². The molecule has 0 spiro atoms. The van der Waals surface area contributed by atoms with Gasteiger partial charge in [-0.1, -0.05) is 6.07 Å². The lowest BCUT2D eigenvalue weighted by Gasteiger charge is -2.38. The minimum Gasteiger partial charge on any atom is -0.313 e. The fraction of sp³-hybridized carbons (Fsp3) is 0.500. The molecule has 16 heavy (non-hydrogen) atoms. The van der Waals surface area contributed by atoms with Gasteiger partial charge in [0.05, 0.1) is 6.04 Å². The van der Waals surface area contributed by atoms with Gasteiger partial charge in [0.1, 0.15) is 11.6 Å². The van der Waals surface area contributed by atoms with Crippen LogP contribution in [0.25, 0.3) is 0 Å². The fourth-order valence-corrected chi connectivity index (χ4v) is 2.13. The zero-order chi connectivity index (χ0) is 11.7. The van der Waals surface area contributed by atoms with Gasteiger partial charge in [0.2, 0.25) is 0 Å². The first-order chi connectivity index (χ1) is 7.59. The van der Waals surface area contributed by atoms with Crippen molar-refractivity contribution in [3.63, 3.8) is 0 Å². The number of piperazine rings is 1. The molecule has 88 valence electrons. The van der Waals surface area contributed by atoms with E-state index in [-0.39, 0.29) is 6.04 Å². The van der Waals surface area contributed by atoms with Crippen LogP contribution in [0, 0.1) is 11.6 Å². The first-order valence-electron chi connectivity index (χ1n) is 5.47. The van der Waals surface area contributed by atoms with Crippen molar-refractivity contribution in [1.29, 1.82) is 0 Å². The van der Waals surface area contributed by atoms with Gasteiger partial charge in [-0.2, -0.15) is 0 Å². The Morgan fingerprint density at radius 3 is 2.75 bits per heavy atom. The van der Waals surface area contributed by atoms with Gasteiger partial charge in [0.25, 0.3) is 0 Å². The average molecular weight is 226 g/mol. The molecule has 1 fully saturated rings. The summed E-state index contributed by atoms with van der Waals surface area (Å²) in [4.78, 5) is 2.12. The summed E-state index contributed by atoms with van der Waals surface area (Å²) in [6.07, 6.45) is 0. The van der Waals surface area contributed by atoms with Crippen molar-refractivity contribution in [3.8, 4) is 0 Å². The Kier molecular flexibility index (Phi) is 3.21. The summed E-state index contributed by atoms with van der Waals surface area (Å²) >= 11 is 0. The van der Waals surface area contributed by atoms with Crippen LogP contribution in [0.3, 0.4) is 0 Å². The van der Waals surface area contributed by atoms with Gasteiger partial charge in [-0.05, 0) is 20.0 Å². The van der Waals surface area contributed by atoms with Crippen LogP contribution in [0.2, 0.25) is 0 Å². The van der Waals surface area contributed by atoms with Crippen molar-refractivity contribution in [2.75, 3.05) is 20.1 Å². The molecule has 0 aliphatic carbocycles. The highest BCUT2D eigenvalue weighted by atomic mass is 19.1. The highest BCUT2D eigenvalue weighted by Crippen LogP contribution is 2.25. The molecule has 0 radical (unpaired) electrons. The first kappa shape index (κ1) is 11.5. The molecule has 1 heterocycles. The van der Waals surface area contributed by atoms with E-state index in [2.05, 4.69) is 17.1 Å². The van der Waals surface area contributed by atoms with E-state index in [4.69, 9.17) is 0 Å². The molecule has 2 rings (SSSR count). The second-order valence-electron chi connectivity index (χ2n) is 4.35. The summed E-state index contributed by atoms with van der Waals surface area (Å²) < 4.78 is 26.5. The second-order valence-corrected chi connectivity index (χ2v) is 4.35. The second kappa shape index (κ2) is 4.47. The largest absolute Gasteiger partial charge is 0.313 e. The van der Waals surface area contributed by atoms with Crippen LogP contribution in [0.5, 0.6) is 0 Å². The van der Waals surface area contributed by atoms with Crippen LogP contribution >= 0.6 is 0 Å². The van der Waals surface area contributed by atoms with Crippen molar-refractivity contribution >= 4 is 0 Å². The van der Waals surface area contributed by atoms with E-state index in [9.17, 15) is 8.78 Å². The summed E-state index contributed by atoms with van der Waals surface area (Å²) in [5.41, 5.74) is 0.558. The van der Waals surface area contributed by atoms with E-state index < -0.39 is 11.6 Å². The molecule has 0 amide bonds. The molecular formula is C12H16F2N2. The predicted molar refractivity (Wildman–Crippen MR) is 59.2 cm³/mol. The van der Waals surface area contributed by atoms with Gasteiger partial charge in [-0.25, -0.2) is 8.78 Å². The summed E-state index contributed by atoms with van der Waals surface area (Å²) in [6.45, 7) is 3.68. The summed E-state index contributed by atoms with van der Waals surface area (Å²) in [5, 5.41) is 3.25. The molecule has 0 bridgehead atoms. The fourth-order valence-electron chi connectivity index (χ4n) is 2.13. The summed E-state index contributed by atoms with van der Waals surface area (Å²) in [5.74, 6) is -0.992. The Labute approximate surface area is 94.3 Å². The molecule has 1 aromatic rings. The van der Waals surface area contributed by atoms with E-state index in [1.54, 1.807) is 0 Å². The molecule has 1 saturated heterocycles.